The maximum Gasteiger partial charge on any atom is 0.501 e. The van der Waals surface area contributed by atoms with Gasteiger partial charge in [0.05, 0.1) is 11.1 Å². The molecule has 0 spiro atoms. The van der Waals surface area contributed by atoms with Gasteiger partial charge < -0.3 is 9.84 Å². The average Bonchev–Trinajstić information content (AvgIpc) is 2.74. The number of aromatic carboxylic acids is 1. The molecule has 0 unspecified atom stereocenters. The Balaban J connectivity index is 0.000000220. The van der Waals surface area contributed by atoms with Gasteiger partial charge in [-0.2, -0.15) is 22.0 Å². The van der Waals surface area contributed by atoms with E-state index in [1.54, 1.807) is 12.1 Å². The minimum atomic E-state index is -5.92. The van der Waals surface area contributed by atoms with Crippen LogP contribution in [-0.4, -0.2) is 29.3 Å². The van der Waals surface area contributed by atoms with Crippen molar-refractivity contribution < 1.29 is 41.4 Å². The molecule has 3 aromatic rings. The van der Waals surface area contributed by atoms with Gasteiger partial charge in [-0.15, -0.1) is 0 Å². The summed E-state index contributed by atoms with van der Waals surface area (Å²) in [5.41, 5.74) is 1.64. The number of esters is 1. The van der Waals surface area contributed by atoms with E-state index in [1.807, 2.05) is 42.5 Å². The minimum Gasteiger partial charge on any atom is -0.478 e. The van der Waals surface area contributed by atoms with Crippen LogP contribution in [0.4, 0.5) is 22.0 Å². The van der Waals surface area contributed by atoms with Crippen LogP contribution in [0.2, 0.25) is 0 Å². The molecular formula is C22H15F5O4. The van der Waals surface area contributed by atoms with Crippen molar-refractivity contribution in [3.63, 3.8) is 0 Å². The number of alkyl halides is 5. The summed E-state index contributed by atoms with van der Waals surface area (Å²) >= 11 is 0. The highest BCUT2D eigenvalue weighted by Crippen LogP contribution is 2.36. The maximum atomic E-state index is 12.3. The third kappa shape index (κ3) is 6.36. The number of ether oxygens (including phenoxy) is 1. The molecular weight excluding hydrogens is 423 g/mol. The molecule has 3 aromatic carbocycles. The Morgan fingerprint density at radius 3 is 1.71 bits per heavy atom. The normalized spacial score (nSPS) is 11.1. The summed E-state index contributed by atoms with van der Waals surface area (Å²) in [5, 5.41) is 9.03. The molecule has 9 heteroatoms. The van der Waals surface area contributed by atoms with Crippen LogP contribution in [-0.2, 0) is 4.74 Å². The number of hydrogen-bond donors (Lipinski definition) is 1. The van der Waals surface area contributed by atoms with Crippen LogP contribution >= 0.6 is 0 Å². The number of halogens is 5. The molecule has 0 aliphatic carbocycles. The summed E-state index contributed by atoms with van der Waals surface area (Å²) in [6.07, 6.45) is -11.4. The highest BCUT2D eigenvalue weighted by Gasteiger charge is 2.62. The van der Waals surface area contributed by atoms with E-state index < -0.39 is 24.2 Å². The Bertz CT molecular complexity index is 1020. The summed E-state index contributed by atoms with van der Waals surface area (Å²) in [5.74, 6) is -2.63. The predicted octanol–water partition coefficient (Wildman–Crippen LogP) is 6.05. The van der Waals surface area contributed by atoms with Crippen molar-refractivity contribution in [3.05, 3.63) is 96.1 Å². The Labute approximate surface area is 173 Å². The summed E-state index contributed by atoms with van der Waals surface area (Å²) in [6, 6.07) is 22.7. The first-order valence-corrected chi connectivity index (χ1v) is 8.63. The molecule has 0 saturated carbocycles. The lowest BCUT2D eigenvalue weighted by Gasteiger charge is -2.18. The first-order chi connectivity index (χ1) is 14.5. The van der Waals surface area contributed by atoms with Crippen molar-refractivity contribution >= 4 is 11.9 Å². The second-order valence-electron chi connectivity index (χ2n) is 5.99. The zero-order valence-electron chi connectivity index (χ0n) is 15.6. The van der Waals surface area contributed by atoms with Crippen LogP contribution in [0, 0.1) is 0 Å². The zero-order valence-corrected chi connectivity index (χ0v) is 15.6. The Morgan fingerprint density at radius 1 is 0.710 bits per heavy atom. The Morgan fingerprint density at radius 2 is 1.19 bits per heavy atom. The lowest BCUT2D eigenvalue weighted by molar-refractivity contribution is -0.370. The quantitative estimate of drug-likeness (QED) is 0.398. The summed E-state index contributed by atoms with van der Waals surface area (Å²) in [7, 11) is 0. The van der Waals surface area contributed by atoms with E-state index in [1.165, 1.54) is 18.2 Å². The summed E-state index contributed by atoms with van der Waals surface area (Å²) in [6.45, 7) is 0. The SMILES string of the molecule is O=C(O)c1ccccc1-c1ccccc1.O=C(OC(F)(F)C(F)(F)F)c1ccccc1. The second-order valence-corrected chi connectivity index (χ2v) is 5.99. The molecule has 0 fully saturated rings. The fourth-order valence-electron chi connectivity index (χ4n) is 2.35. The fraction of sp³-hybridized carbons (Fsp3) is 0.0909. The third-order valence-corrected chi connectivity index (χ3v) is 3.80. The average molecular weight is 438 g/mol. The molecule has 0 aliphatic heterocycles. The van der Waals surface area contributed by atoms with E-state index in [-0.39, 0.29) is 5.56 Å². The molecule has 1 N–H and O–H groups in total. The van der Waals surface area contributed by atoms with E-state index in [4.69, 9.17) is 5.11 Å². The third-order valence-electron chi connectivity index (χ3n) is 3.80. The van der Waals surface area contributed by atoms with Crippen LogP contribution in [0.1, 0.15) is 20.7 Å². The molecule has 3 rings (SSSR count). The molecule has 162 valence electrons. The van der Waals surface area contributed by atoms with Crippen molar-refractivity contribution in [1.82, 2.24) is 0 Å². The van der Waals surface area contributed by atoms with E-state index in [9.17, 15) is 31.5 Å². The summed E-state index contributed by atoms with van der Waals surface area (Å²) in [4.78, 5) is 21.9. The van der Waals surface area contributed by atoms with Crippen molar-refractivity contribution in [1.29, 1.82) is 0 Å². The molecule has 0 bridgehead atoms. The maximum absolute atomic E-state index is 12.3. The number of carbonyl (C=O) groups excluding carboxylic acids is 1. The molecule has 0 amide bonds. The molecule has 4 nitrogen and oxygen atoms in total. The van der Waals surface area contributed by atoms with Crippen LogP contribution in [0.3, 0.4) is 0 Å². The first-order valence-electron chi connectivity index (χ1n) is 8.63. The van der Waals surface area contributed by atoms with Crippen LogP contribution in [0.25, 0.3) is 11.1 Å². The Kier molecular flexibility index (Phi) is 7.47. The highest BCUT2D eigenvalue weighted by molar-refractivity contribution is 5.95. The van der Waals surface area contributed by atoms with Crippen molar-refractivity contribution in [3.8, 4) is 11.1 Å². The molecule has 31 heavy (non-hydrogen) atoms. The number of benzene rings is 3. The van der Waals surface area contributed by atoms with Crippen LogP contribution in [0.5, 0.6) is 0 Å². The highest BCUT2D eigenvalue weighted by atomic mass is 19.4. The van der Waals surface area contributed by atoms with Crippen molar-refractivity contribution in [2.75, 3.05) is 0 Å². The van der Waals surface area contributed by atoms with E-state index in [0.29, 0.717) is 5.56 Å². The molecule has 0 radical (unpaired) electrons. The van der Waals surface area contributed by atoms with Gasteiger partial charge in [-0.1, -0.05) is 66.7 Å². The van der Waals surface area contributed by atoms with E-state index in [2.05, 4.69) is 4.74 Å². The molecule has 0 saturated heterocycles. The standard InChI is InChI=1S/C13H10O2.C9H5F5O2/c14-13(15)12-9-5-4-8-11(12)10-6-2-1-3-7-10;10-8(11,12)9(13,14)16-7(15)6-4-2-1-3-5-6/h1-9H,(H,14,15);1-5H. The Hall–Kier alpha value is -3.75. The van der Waals surface area contributed by atoms with Crippen LogP contribution < -0.4 is 0 Å². The van der Waals surface area contributed by atoms with Crippen molar-refractivity contribution in [2.24, 2.45) is 0 Å². The van der Waals surface area contributed by atoms with Gasteiger partial charge in [0.25, 0.3) is 0 Å². The van der Waals surface area contributed by atoms with Gasteiger partial charge in [0, 0.05) is 0 Å². The lowest BCUT2D eigenvalue weighted by Crippen LogP contribution is -2.40. The first kappa shape index (κ1) is 23.5. The largest absolute Gasteiger partial charge is 0.501 e. The molecule has 0 heterocycles. The smallest absolute Gasteiger partial charge is 0.478 e. The lowest BCUT2D eigenvalue weighted by atomic mass is 10.00. The van der Waals surface area contributed by atoms with Gasteiger partial charge >= 0.3 is 24.2 Å². The summed E-state index contributed by atoms with van der Waals surface area (Å²) < 4.78 is 62.7. The predicted molar refractivity (Wildman–Crippen MR) is 102 cm³/mol. The fourth-order valence-corrected chi connectivity index (χ4v) is 2.35. The van der Waals surface area contributed by atoms with Gasteiger partial charge in [-0.05, 0) is 29.3 Å². The number of rotatable bonds is 4. The van der Waals surface area contributed by atoms with Crippen LogP contribution in [0.15, 0.2) is 84.9 Å². The van der Waals surface area contributed by atoms with Gasteiger partial charge in [0.1, 0.15) is 0 Å². The van der Waals surface area contributed by atoms with E-state index >= 15 is 0 Å². The number of hydrogen-bond acceptors (Lipinski definition) is 3. The minimum absolute atomic E-state index is 0.337. The number of carboxylic acids is 1. The molecule has 0 aliphatic rings. The topological polar surface area (TPSA) is 63.6 Å². The molecule has 0 atom stereocenters. The monoisotopic (exact) mass is 438 g/mol. The molecule has 0 aromatic heterocycles. The second kappa shape index (κ2) is 9.84. The number of carboxylic acid groups (broad SMARTS) is 1. The van der Waals surface area contributed by atoms with Gasteiger partial charge in [-0.3, -0.25) is 0 Å². The van der Waals surface area contributed by atoms with Gasteiger partial charge in [0.15, 0.2) is 0 Å². The van der Waals surface area contributed by atoms with Gasteiger partial charge in [-0.25, -0.2) is 9.59 Å². The van der Waals surface area contributed by atoms with Crippen molar-refractivity contribution in [2.45, 2.75) is 12.3 Å². The van der Waals surface area contributed by atoms with Gasteiger partial charge in [0.2, 0.25) is 0 Å². The number of carbonyl (C=O) groups is 2. The van der Waals surface area contributed by atoms with E-state index in [0.717, 1.165) is 23.3 Å². The zero-order chi connectivity index (χ0) is 23.1.